The van der Waals surface area contributed by atoms with Crippen LogP contribution in [0.5, 0.6) is 0 Å². The molecule has 0 heterocycles. The van der Waals surface area contributed by atoms with E-state index in [9.17, 15) is 5.11 Å². The van der Waals surface area contributed by atoms with Crippen LogP contribution in [0.2, 0.25) is 0 Å². The number of nitrogens with one attached hydrogen (secondary N) is 1. The Labute approximate surface area is 69.4 Å². The second-order valence-corrected chi connectivity index (χ2v) is 3.16. The Balaban J connectivity index is 4.01. The van der Waals surface area contributed by atoms with Crippen molar-refractivity contribution < 1.29 is 5.11 Å². The molecule has 0 fully saturated rings. The predicted octanol–water partition coefficient (Wildman–Crippen LogP) is 0.256. The van der Waals surface area contributed by atoms with Crippen molar-refractivity contribution in [3.63, 3.8) is 0 Å². The molecular weight excluding hydrogens is 140 g/mol. The predicted molar refractivity (Wildman–Crippen MR) is 47.5 cm³/mol. The van der Waals surface area contributed by atoms with Crippen LogP contribution in [-0.4, -0.2) is 43.4 Å². The Bertz CT molecular complexity index is 98.3. The number of hydrogen-bond acceptors (Lipinski definition) is 3. The second-order valence-electron chi connectivity index (χ2n) is 3.16. The molecule has 68 valence electrons. The molecule has 0 saturated carbocycles. The topological polar surface area (TPSA) is 35.5 Å². The highest BCUT2D eigenvalue weighted by molar-refractivity contribution is 4.76. The van der Waals surface area contributed by atoms with Crippen molar-refractivity contribution in [2.45, 2.75) is 25.5 Å². The molecule has 0 spiro atoms. The summed E-state index contributed by atoms with van der Waals surface area (Å²) in [7, 11) is 5.64. The summed E-state index contributed by atoms with van der Waals surface area (Å²) in [4.78, 5) is 1.85. The van der Waals surface area contributed by atoms with Gasteiger partial charge in [-0.15, -0.1) is 0 Å². The Hall–Kier alpha value is -0.120. The van der Waals surface area contributed by atoms with Crippen LogP contribution in [0.1, 0.15) is 19.8 Å². The minimum absolute atomic E-state index is 0.619. The fourth-order valence-electron chi connectivity index (χ4n) is 1.15. The zero-order chi connectivity index (χ0) is 8.91. The maximum atomic E-state index is 9.95. The van der Waals surface area contributed by atoms with Crippen molar-refractivity contribution in [1.82, 2.24) is 10.2 Å². The van der Waals surface area contributed by atoms with E-state index in [0.717, 1.165) is 12.8 Å². The summed E-state index contributed by atoms with van der Waals surface area (Å²) in [6.45, 7) is 2.69. The summed E-state index contributed by atoms with van der Waals surface area (Å²) < 4.78 is 0. The number of likely N-dealkylation sites (N-methyl/N-ethyl adjacent to an activating group) is 2. The standard InChI is InChI=1S/C8H20N2O/c1-5-6-8(11,7-9-2)10(3)4/h9,11H,5-7H2,1-4H3. The van der Waals surface area contributed by atoms with E-state index in [-0.39, 0.29) is 0 Å². The van der Waals surface area contributed by atoms with Gasteiger partial charge in [0.1, 0.15) is 5.72 Å². The van der Waals surface area contributed by atoms with E-state index in [0.29, 0.717) is 6.54 Å². The molecule has 0 aromatic rings. The van der Waals surface area contributed by atoms with Crippen LogP contribution in [0.3, 0.4) is 0 Å². The Morgan fingerprint density at radius 3 is 2.27 bits per heavy atom. The summed E-state index contributed by atoms with van der Waals surface area (Å²) in [5, 5.41) is 12.9. The van der Waals surface area contributed by atoms with Gasteiger partial charge >= 0.3 is 0 Å². The molecule has 0 rings (SSSR count). The lowest BCUT2D eigenvalue weighted by atomic mass is 10.1. The van der Waals surface area contributed by atoms with Crippen LogP contribution < -0.4 is 5.32 Å². The van der Waals surface area contributed by atoms with Crippen molar-refractivity contribution in [1.29, 1.82) is 0 Å². The largest absolute Gasteiger partial charge is 0.374 e. The van der Waals surface area contributed by atoms with Gasteiger partial charge in [0.25, 0.3) is 0 Å². The van der Waals surface area contributed by atoms with Gasteiger partial charge in [0, 0.05) is 6.54 Å². The molecule has 0 aliphatic rings. The number of hydrogen-bond donors (Lipinski definition) is 2. The van der Waals surface area contributed by atoms with Crippen molar-refractivity contribution in [3.05, 3.63) is 0 Å². The lowest BCUT2D eigenvalue weighted by Crippen LogP contribution is -2.50. The third-order valence-corrected chi connectivity index (χ3v) is 1.94. The molecule has 0 aromatic carbocycles. The van der Waals surface area contributed by atoms with Crippen LogP contribution in [0.4, 0.5) is 0 Å². The van der Waals surface area contributed by atoms with Gasteiger partial charge in [-0.1, -0.05) is 13.3 Å². The fraction of sp³-hybridized carbons (Fsp3) is 1.00. The summed E-state index contributed by atoms with van der Waals surface area (Å²) >= 11 is 0. The molecule has 3 heteroatoms. The van der Waals surface area contributed by atoms with Gasteiger partial charge in [0.05, 0.1) is 0 Å². The van der Waals surface area contributed by atoms with Crippen molar-refractivity contribution >= 4 is 0 Å². The van der Waals surface area contributed by atoms with Gasteiger partial charge in [0.15, 0.2) is 0 Å². The maximum Gasteiger partial charge on any atom is 0.130 e. The average molecular weight is 160 g/mol. The van der Waals surface area contributed by atoms with E-state index >= 15 is 0 Å². The summed E-state index contributed by atoms with van der Waals surface area (Å²) in [5.74, 6) is 0. The van der Waals surface area contributed by atoms with Gasteiger partial charge in [-0.25, -0.2) is 0 Å². The summed E-state index contributed by atoms with van der Waals surface area (Å²) in [5.41, 5.74) is -0.677. The molecule has 2 N–H and O–H groups in total. The fourth-order valence-corrected chi connectivity index (χ4v) is 1.15. The number of aliphatic hydroxyl groups is 1. The minimum atomic E-state index is -0.677. The highest BCUT2D eigenvalue weighted by Gasteiger charge is 2.26. The molecule has 0 radical (unpaired) electrons. The second kappa shape index (κ2) is 4.70. The zero-order valence-electron chi connectivity index (χ0n) is 8.02. The SMILES string of the molecule is CCCC(O)(CNC)N(C)C. The summed E-state index contributed by atoms with van der Waals surface area (Å²) in [6.07, 6.45) is 1.80. The molecule has 0 saturated heterocycles. The average Bonchev–Trinajstić information content (AvgIpc) is 1.88. The van der Waals surface area contributed by atoms with Gasteiger partial charge in [-0.05, 0) is 27.6 Å². The van der Waals surface area contributed by atoms with E-state index in [1.807, 2.05) is 26.0 Å². The van der Waals surface area contributed by atoms with E-state index < -0.39 is 5.72 Å². The Kier molecular flexibility index (Phi) is 4.65. The first-order valence-corrected chi connectivity index (χ1v) is 4.11. The Morgan fingerprint density at radius 2 is 2.00 bits per heavy atom. The smallest absolute Gasteiger partial charge is 0.130 e. The van der Waals surface area contributed by atoms with Gasteiger partial charge < -0.3 is 10.4 Å². The highest BCUT2D eigenvalue weighted by Crippen LogP contribution is 2.13. The van der Waals surface area contributed by atoms with E-state index in [1.54, 1.807) is 0 Å². The molecule has 11 heavy (non-hydrogen) atoms. The normalized spacial score (nSPS) is 16.9. The first kappa shape index (κ1) is 10.9. The van der Waals surface area contributed by atoms with Gasteiger partial charge in [0.2, 0.25) is 0 Å². The molecular formula is C8H20N2O. The van der Waals surface area contributed by atoms with E-state index in [4.69, 9.17) is 0 Å². The van der Waals surface area contributed by atoms with Crippen LogP contribution in [-0.2, 0) is 0 Å². The maximum absolute atomic E-state index is 9.95. The lowest BCUT2D eigenvalue weighted by Gasteiger charge is -2.34. The molecule has 0 bridgehead atoms. The minimum Gasteiger partial charge on any atom is -0.374 e. The first-order valence-electron chi connectivity index (χ1n) is 4.11. The van der Waals surface area contributed by atoms with Crippen LogP contribution >= 0.6 is 0 Å². The van der Waals surface area contributed by atoms with Crippen molar-refractivity contribution in [2.75, 3.05) is 27.7 Å². The molecule has 0 aromatic heterocycles. The van der Waals surface area contributed by atoms with Crippen LogP contribution in [0.25, 0.3) is 0 Å². The molecule has 3 nitrogen and oxygen atoms in total. The zero-order valence-corrected chi connectivity index (χ0v) is 8.02. The highest BCUT2D eigenvalue weighted by atomic mass is 16.3. The lowest BCUT2D eigenvalue weighted by molar-refractivity contribution is -0.0853. The van der Waals surface area contributed by atoms with Crippen molar-refractivity contribution in [3.8, 4) is 0 Å². The van der Waals surface area contributed by atoms with Crippen LogP contribution in [0, 0.1) is 0 Å². The quantitative estimate of drug-likeness (QED) is 0.566. The summed E-state index contributed by atoms with van der Waals surface area (Å²) in [6, 6.07) is 0. The number of nitrogens with zero attached hydrogens (tertiary/aromatic N) is 1. The molecule has 1 unspecified atom stereocenters. The molecule has 0 aliphatic heterocycles. The monoisotopic (exact) mass is 160 g/mol. The molecule has 0 aliphatic carbocycles. The molecule has 0 amide bonds. The van der Waals surface area contributed by atoms with E-state index in [1.165, 1.54) is 0 Å². The molecule has 1 atom stereocenters. The third-order valence-electron chi connectivity index (χ3n) is 1.94. The van der Waals surface area contributed by atoms with Crippen molar-refractivity contribution in [2.24, 2.45) is 0 Å². The number of rotatable bonds is 5. The van der Waals surface area contributed by atoms with Gasteiger partial charge in [-0.2, -0.15) is 0 Å². The first-order chi connectivity index (χ1) is 5.06. The Morgan fingerprint density at radius 1 is 1.45 bits per heavy atom. The van der Waals surface area contributed by atoms with Crippen LogP contribution in [0.15, 0.2) is 0 Å². The van der Waals surface area contributed by atoms with Gasteiger partial charge in [-0.3, -0.25) is 4.90 Å². The van der Waals surface area contributed by atoms with E-state index in [2.05, 4.69) is 12.2 Å². The third kappa shape index (κ3) is 3.18.